The van der Waals surface area contributed by atoms with Crippen LogP contribution < -0.4 is 14.2 Å². The number of carbonyl (C=O) groups is 1. The summed E-state index contributed by atoms with van der Waals surface area (Å²) in [6, 6.07) is 4.31. The van der Waals surface area contributed by atoms with Gasteiger partial charge in [-0.15, -0.1) is 0 Å². The molecule has 0 saturated heterocycles. The zero-order valence-electron chi connectivity index (χ0n) is 13.0. The van der Waals surface area contributed by atoms with Crippen LogP contribution in [0.15, 0.2) is 23.1 Å². The van der Waals surface area contributed by atoms with Crippen LogP contribution in [0.3, 0.4) is 0 Å². The molecule has 0 aliphatic heterocycles. The van der Waals surface area contributed by atoms with Crippen molar-refractivity contribution in [1.29, 1.82) is 0 Å². The van der Waals surface area contributed by atoms with Crippen molar-refractivity contribution < 1.29 is 22.7 Å². The van der Waals surface area contributed by atoms with E-state index in [1.807, 2.05) is 13.8 Å². The van der Waals surface area contributed by atoms with E-state index in [-0.39, 0.29) is 16.7 Å². The summed E-state index contributed by atoms with van der Waals surface area (Å²) in [4.78, 5) is 11.8. The van der Waals surface area contributed by atoms with Gasteiger partial charge in [0, 0.05) is 12.0 Å². The van der Waals surface area contributed by atoms with E-state index in [0.29, 0.717) is 24.7 Å². The predicted molar refractivity (Wildman–Crippen MR) is 81.4 cm³/mol. The van der Waals surface area contributed by atoms with Crippen LogP contribution >= 0.6 is 0 Å². The molecule has 0 radical (unpaired) electrons. The van der Waals surface area contributed by atoms with Gasteiger partial charge in [-0.3, -0.25) is 4.79 Å². The smallest absolute Gasteiger partial charge is 0.264 e. The molecule has 1 N–H and O–H groups in total. The second-order valence-corrected chi connectivity index (χ2v) is 6.95. The lowest BCUT2D eigenvalue weighted by molar-refractivity contribution is -0.120. The Morgan fingerprint density at radius 2 is 1.82 bits per heavy atom. The van der Waals surface area contributed by atoms with E-state index in [9.17, 15) is 13.2 Å². The fourth-order valence-electron chi connectivity index (χ4n) is 2.15. The summed E-state index contributed by atoms with van der Waals surface area (Å²) in [5, 5.41) is 0. The summed E-state index contributed by atoms with van der Waals surface area (Å²) in [7, 11) is -3.90. The van der Waals surface area contributed by atoms with Crippen LogP contribution in [0.25, 0.3) is 0 Å². The van der Waals surface area contributed by atoms with Crippen molar-refractivity contribution in [2.75, 3.05) is 13.2 Å². The number of amides is 1. The topological polar surface area (TPSA) is 81.7 Å². The molecule has 1 aliphatic rings. The lowest BCUT2D eigenvalue weighted by Crippen LogP contribution is -2.32. The average Bonchev–Trinajstić information content (AvgIpc) is 3.18. The first-order chi connectivity index (χ1) is 10.4. The molecule has 0 spiro atoms. The highest BCUT2D eigenvalue weighted by molar-refractivity contribution is 7.90. The summed E-state index contributed by atoms with van der Waals surface area (Å²) in [5.74, 6) is 0.419. The zero-order chi connectivity index (χ0) is 16.3. The van der Waals surface area contributed by atoms with Gasteiger partial charge in [-0.05, 0) is 38.3 Å². The highest BCUT2D eigenvalue weighted by atomic mass is 32.2. The minimum atomic E-state index is -3.90. The summed E-state index contributed by atoms with van der Waals surface area (Å²) >= 11 is 0. The maximum Gasteiger partial charge on any atom is 0.264 e. The van der Waals surface area contributed by atoms with Crippen LogP contribution in [0, 0.1) is 11.8 Å². The molecule has 0 aromatic heterocycles. The van der Waals surface area contributed by atoms with E-state index in [1.54, 1.807) is 6.92 Å². The number of hydrogen-bond donors (Lipinski definition) is 1. The number of carbonyl (C=O) groups excluding carboxylic acids is 1. The average molecular weight is 327 g/mol. The molecule has 7 heteroatoms. The second kappa shape index (κ2) is 6.56. The van der Waals surface area contributed by atoms with Crippen molar-refractivity contribution in [3.05, 3.63) is 18.2 Å². The van der Waals surface area contributed by atoms with Gasteiger partial charge in [0.1, 0.15) is 0 Å². The Morgan fingerprint density at radius 1 is 1.23 bits per heavy atom. The lowest BCUT2D eigenvalue weighted by Gasteiger charge is -2.13. The molecule has 22 heavy (non-hydrogen) atoms. The molecule has 6 nitrogen and oxygen atoms in total. The van der Waals surface area contributed by atoms with Crippen molar-refractivity contribution in [3.8, 4) is 11.5 Å². The molecule has 2 rings (SSSR count). The molecule has 1 saturated carbocycles. The lowest BCUT2D eigenvalue weighted by atomic mass is 10.3. The van der Waals surface area contributed by atoms with Crippen LogP contribution in [0.2, 0.25) is 0 Å². The molecule has 1 fully saturated rings. The molecule has 1 aromatic carbocycles. The van der Waals surface area contributed by atoms with E-state index in [0.717, 1.165) is 6.42 Å². The van der Waals surface area contributed by atoms with E-state index < -0.39 is 15.9 Å². The van der Waals surface area contributed by atoms with E-state index >= 15 is 0 Å². The van der Waals surface area contributed by atoms with Crippen molar-refractivity contribution in [2.24, 2.45) is 11.8 Å². The number of ether oxygens (including phenoxy) is 2. The molecule has 0 heterocycles. The SMILES string of the molecule is CCOc1ccc(S(=O)(=O)NC(=O)[C@@H]2C[C@@H]2C)cc1OCC. The molecule has 1 amide bonds. The Bertz CT molecular complexity index is 656. The molecule has 0 bridgehead atoms. The van der Waals surface area contributed by atoms with E-state index in [4.69, 9.17) is 9.47 Å². The quantitative estimate of drug-likeness (QED) is 0.828. The standard InChI is InChI=1S/C15H21NO5S/c1-4-20-13-7-6-11(9-14(13)21-5-2)22(18,19)16-15(17)12-8-10(12)3/h6-7,9-10,12H,4-5,8H2,1-3H3,(H,16,17)/t10-,12+/m0/s1. The number of sulfonamides is 1. The third kappa shape index (κ3) is 3.71. The molecule has 1 aliphatic carbocycles. The fraction of sp³-hybridized carbons (Fsp3) is 0.533. The van der Waals surface area contributed by atoms with Crippen molar-refractivity contribution in [2.45, 2.75) is 32.1 Å². The number of nitrogens with one attached hydrogen (secondary N) is 1. The summed E-state index contributed by atoms with van der Waals surface area (Å²) < 4.78 is 37.5. The Balaban J connectivity index is 2.22. The van der Waals surface area contributed by atoms with E-state index in [2.05, 4.69) is 4.72 Å². The summed E-state index contributed by atoms with van der Waals surface area (Å²) in [5.41, 5.74) is 0. The molecular weight excluding hydrogens is 306 g/mol. The van der Waals surface area contributed by atoms with Crippen molar-refractivity contribution in [3.63, 3.8) is 0 Å². The monoisotopic (exact) mass is 327 g/mol. The zero-order valence-corrected chi connectivity index (χ0v) is 13.8. The largest absolute Gasteiger partial charge is 0.490 e. The highest BCUT2D eigenvalue weighted by Gasteiger charge is 2.40. The van der Waals surface area contributed by atoms with Crippen LogP contribution in [0.4, 0.5) is 0 Å². The maximum atomic E-state index is 12.3. The molecular formula is C15H21NO5S. The Morgan fingerprint density at radius 3 is 2.36 bits per heavy atom. The Labute approximate surface area is 130 Å². The first-order valence-corrected chi connectivity index (χ1v) is 8.83. The third-order valence-electron chi connectivity index (χ3n) is 3.51. The van der Waals surface area contributed by atoms with Crippen LogP contribution in [-0.2, 0) is 14.8 Å². The molecule has 122 valence electrons. The minimum absolute atomic E-state index is 0.0129. The molecule has 2 atom stereocenters. The first kappa shape index (κ1) is 16.6. The number of benzene rings is 1. The van der Waals surface area contributed by atoms with Gasteiger partial charge in [0.05, 0.1) is 18.1 Å². The predicted octanol–water partition coefficient (Wildman–Crippen LogP) is 1.94. The summed E-state index contributed by atoms with van der Waals surface area (Å²) in [6.07, 6.45) is 0.731. The van der Waals surface area contributed by atoms with Gasteiger partial charge in [0.15, 0.2) is 11.5 Å². The Hall–Kier alpha value is -1.76. The van der Waals surface area contributed by atoms with Gasteiger partial charge in [-0.2, -0.15) is 0 Å². The second-order valence-electron chi connectivity index (χ2n) is 5.26. The van der Waals surface area contributed by atoms with E-state index in [1.165, 1.54) is 18.2 Å². The van der Waals surface area contributed by atoms with Crippen LogP contribution in [-0.4, -0.2) is 27.5 Å². The third-order valence-corrected chi connectivity index (χ3v) is 4.85. The summed E-state index contributed by atoms with van der Waals surface area (Å²) in [6.45, 7) is 6.38. The maximum absolute atomic E-state index is 12.3. The number of hydrogen-bond acceptors (Lipinski definition) is 5. The van der Waals surface area contributed by atoms with Gasteiger partial charge < -0.3 is 9.47 Å². The van der Waals surface area contributed by atoms with Gasteiger partial charge >= 0.3 is 0 Å². The fourth-order valence-corrected chi connectivity index (χ4v) is 3.20. The van der Waals surface area contributed by atoms with Gasteiger partial charge in [-0.1, -0.05) is 6.92 Å². The number of rotatable bonds is 7. The first-order valence-electron chi connectivity index (χ1n) is 7.35. The molecule has 0 unspecified atom stereocenters. The van der Waals surface area contributed by atoms with Crippen LogP contribution in [0.1, 0.15) is 27.2 Å². The Kier molecular flexibility index (Phi) is 4.95. The van der Waals surface area contributed by atoms with Crippen molar-refractivity contribution >= 4 is 15.9 Å². The molecule has 1 aromatic rings. The van der Waals surface area contributed by atoms with Crippen molar-refractivity contribution in [1.82, 2.24) is 4.72 Å². The normalized spacial score (nSPS) is 20.3. The minimum Gasteiger partial charge on any atom is -0.490 e. The van der Waals surface area contributed by atoms with Gasteiger partial charge in [-0.25, -0.2) is 13.1 Å². The highest BCUT2D eigenvalue weighted by Crippen LogP contribution is 2.38. The van der Waals surface area contributed by atoms with Crippen LogP contribution in [0.5, 0.6) is 11.5 Å². The van der Waals surface area contributed by atoms with Gasteiger partial charge in [0.2, 0.25) is 5.91 Å². The van der Waals surface area contributed by atoms with Gasteiger partial charge in [0.25, 0.3) is 10.0 Å².